The molecule has 0 bridgehead atoms. The van der Waals surface area contributed by atoms with Gasteiger partial charge in [-0.05, 0) is 55.4 Å². The van der Waals surface area contributed by atoms with E-state index in [0.29, 0.717) is 0 Å². The van der Waals surface area contributed by atoms with Gasteiger partial charge in [-0.2, -0.15) is 0 Å². The van der Waals surface area contributed by atoms with E-state index in [2.05, 4.69) is 6.07 Å². The van der Waals surface area contributed by atoms with E-state index in [1.807, 2.05) is 13.0 Å². The third-order valence-electron chi connectivity index (χ3n) is 3.02. The maximum atomic E-state index is 10.9. The second kappa shape index (κ2) is 4.05. The standard InChI is InChI=1S/C13H16O2/c1-9-12-6-4-3-5-11(12)7-8-13(9)15-10(2)14/h7-8H,3-6H2,1-2H3. The average Bonchev–Trinajstić information content (AvgIpc) is 2.22. The summed E-state index contributed by atoms with van der Waals surface area (Å²) < 4.78 is 5.17. The van der Waals surface area contributed by atoms with Gasteiger partial charge in [-0.15, -0.1) is 0 Å². The highest BCUT2D eigenvalue weighted by Crippen LogP contribution is 2.30. The Bertz CT molecular complexity index is 394. The van der Waals surface area contributed by atoms with Crippen molar-refractivity contribution >= 4 is 5.97 Å². The van der Waals surface area contributed by atoms with E-state index >= 15 is 0 Å². The number of carbonyl (C=O) groups is 1. The van der Waals surface area contributed by atoms with Gasteiger partial charge in [0, 0.05) is 6.92 Å². The molecule has 0 radical (unpaired) electrons. The van der Waals surface area contributed by atoms with E-state index in [1.165, 1.54) is 30.9 Å². The molecule has 80 valence electrons. The Labute approximate surface area is 90.3 Å². The molecule has 0 spiro atoms. The lowest BCUT2D eigenvalue weighted by atomic mass is 9.88. The van der Waals surface area contributed by atoms with Crippen LogP contribution in [0.15, 0.2) is 12.1 Å². The number of aryl methyl sites for hydroxylation is 1. The van der Waals surface area contributed by atoms with Crippen molar-refractivity contribution in [2.45, 2.75) is 39.5 Å². The van der Waals surface area contributed by atoms with Crippen molar-refractivity contribution in [2.75, 3.05) is 0 Å². The van der Waals surface area contributed by atoms with Gasteiger partial charge in [-0.25, -0.2) is 0 Å². The molecule has 0 amide bonds. The maximum absolute atomic E-state index is 10.9. The Balaban J connectivity index is 2.38. The molecule has 1 aliphatic carbocycles. The number of hydrogen-bond donors (Lipinski definition) is 0. The summed E-state index contributed by atoms with van der Waals surface area (Å²) in [5.41, 5.74) is 3.96. The second-order valence-corrected chi connectivity index (χ2v) is 4.13. The molecule has 0 aliphatic heterocycles. The zero-order valence-corrected chi connectivity index (χ0v) is 9.30. The predicted molar refractivity (Wildman–Crippen MR) is 59.1 cm³/mol. The summed E-state index contributed by atoms with van der Waals surface area (Å²) in [7, 11) is 0. The fraction of sp³-hybridized carbons (Fsp3) is 0.462. The molecule has 0 saturated heterocycles. The molecule has 0 unspecified atom stereocenters. The van der Waals surface area contributed by atoms with Gasteiger partial charge < -0.3 is 4.74 Å². The van der Waals surface area contributed by atoms with Crippen LogP contribution in [-0.2, 0) is 17.6 Å². The van der Waals surface area contributed by atoms with Crippen molar-refractivity contribution < 1.29 is 9.53 Å². The van der Waals surface area contributed by atoms with E-state index in [4.69, 9.17) is 4.74 Å². The lowest BCUT2D eigenvalue weighted by Gasteiger charge is -2.19. The van der Waals surface area contributed by atoms with Crippen LogP contribution in [0.1, 0.15) is 36.5 Å². The van der Waals surface area contributed by atoms with E-state index in [-0.39, 0.29) is 5.97 Å². The van der Waals surface area contributed by atoms with Crippen LogP contribution in [0, 0.1) is 6.92 Å². The summed E-state index contributed by atoms with van der Waals surface area (Å²) in [6.07, 6.45) is 4.81. The topological polar surface area (TPSA) is 26.3 Å². The quantitative estimate of drug-likeness (QED) is 0.519. The van der Waals surface area contributed by atoms with E-state index in [1.54, 1.807) is 0 Å². The lowest BCUT2D eigenvalue weighted by Crippen LogP contribution is -2.08. The fourth-order valence-corrected chi connectivity index (χ4v) is 2.26. The lowest BCUT2D eigenvalue weighted by molar-refractivity contribution is -0.131. The molecule has 0 fully saturated rings. The molecule has 0 saturated carbocycles. The first-order chi connectivity index (χ1) is 7.18. The van der Waals surface area contributed by atoms with Crippen LogP contribution in [0.5, 0.6) is 5.75 Å². The Hall–Kier alpha value is -1.31. The van der Waals surface area contributed by atoms with Gasteiger partial charge in [0.1, 0.15) is 5.75 Å². The van der Waals surface area contributed by atoms with Crippen molar-refractivity contribution in [1.29, 1.82) is 0 Å². The first-order valence-corrected chi connectivity index (χ1v) is 5.48. The minimum Gasteiger partial charge on any atom is -0.426 e. The van der Waals surface area contributed by atoms with Gasteiger partial charge in [0.15, 0.2) is 0 Å². The first-order valence-electron chi connectivity index (χ1n) is 5.48. The highest BCUT2D eigenvalue weighted by Gasteiger charge is 2.14. The molecule has 2 nitrogen and oxygen atoms in total. The number of hydrogen-bond acceptors (Lipinski definition) is 2. The zero-order chi connectivity index (χ0) is 10.8. The summed E-state index contributed by atoms with van der Waals surface area (Å²) in [6, 6.07) is 4.01. The SMILES string of the molecule is CC(=O)Oc1ccc2c(c1C)CCCC2. The van der Waals surface area contributed by atoms with Gasteiger partial charge in [-0.1, -0.05) is 6.07 Å². The second-order valence-electron chi connectivity index (χ2n) is 4.13. The Kier molecular flexibility index (Phi) is 2.76. The van der Waals surface area contributed by atoms with Crippen molar-refractivity contribution in [3.63, 3.8) is 0 Å². The van der Waals surface area contributed by atoms with Crippen LogP contribution in [0.25, 0.3) is 0 Å². The summed E-state index contributed by atoms with van der Waals surface area (Å²) in [4.78, 5) is 10.9. The molecule has 0 heterocycles. The van der Waals surface area contributed by atoms with Crippen molar-refractivity contribution in [3.8, 4) is 5.75 Å². The third-order valence-corrected chi connectivity index (χ3v) is 3.02. The Morgan fingerprint density at radius 3 is 2.73 bits per heavy atom. The number of esters is 1. The van der Waals surface area contributed by atoms with Crippen molar-refractivity contribution in [2.24, 2.45) is 0 Å². The van der Waals surface area contributed by atoms with E-state index < -0.39 is 0 Å². The summed E-state index contributed by atoms with van der Waals surface area (Å²) in [6.45, 7) is 3.49. The van der Waals surface area contributed by atoms with Crippen LogP contribution < -0.4 is 4.74 Å². The van der Waals surface area contributed by atoms with Gasteiger partial charge in [-0.3, -0.25) is 4.79 Å². The van der Waals surface area contributed by atoms with Gasteiger partial charge in [0.05, 0.1) is 0 Å². The van der Waals surface area contributed by atoms with Crippen LogP contribution in [0.4, 0.5) is 0 Å². The Morgan fingerprint density at radius 2 is 2.00 bits per heavy atom. The minimum atomic E-state index is -0.242. The molecule has 1 aromatic rings. The fourth-order valence-electron chi connectivity index (χ4n) is 2.26. The van der Waals surface area contributed by atoms with E-state index in [0.717, 1.165) is 24.2 Å². The van der Waals surface area contributed by atoms with Gasteiger partial charge in [0.2, 0.25) is 0 Å². The van der Waals surface area contributed by atoms with Crippen LogP contribution >= 0.6 is 0 Å². The van der Waals surface area contributed by atoms with Gasteiger partial charge >= 0.3 is 5.97 Å². The summed E-state index contributed by atoms with van der Waals surface area (Å²) in [5, 5.41) is 0. The highest BCUT2D eigenvalue weighted by molar-refractivity contribution is 5.70. The highest BCUT2D eigenvalue weighted by atomic mass is 16.5. The number of rotatable bonds is 1. The molecule has 1 aliphatic rings. The summed E-state index contributed by atoms with van der Waals surface area (Å²) in [5.74, 6) is 0.483. The average molecular weight is 204 g/mol. The third kappa shape index (κ3) is 2.04. The summed E-state index contributed by atoms with van der Waals surface area (Å²) >= 11 is 0. The first kappa shape index (κ1) is 10.2. The van der Waals surface area contributed by atoms with Crippen LogP contribution in [0.2, 0.25) is 0 Å². The molecule has 0 atom stereocenters. The van der Waals surface area contributed by atoms with Crippen molar-refractivity contribution in [3.05, 3.63) is 28.8 Å². The number of carbonyl (C=O) groups excluding carboxylic acids is 1. The molecule has 1 aromatic carbocycles. The maximum Gasteiger partial charge on any atom is 0.308 e. The van der Waals surface area contributed by atoms with Crippen LogP contribution in [0.3, 0.4) is 0 Å². The largest absolute Gasteiger partial charge is 0.426 e. The number of ether oxygens (including phenoxy) is 1. The Morgan fingerprint density at radius 1 is 1.27 bits per heavy atom. The molecular weight excluding hydrogens is 188 g/mol. The molecular formula is C13H16O2. The molecule has 0 N–H and O–H groups in total. The van der Waals surface area contributed by atoms with E-state index in [9.17, 15) is 4.79 Å². The number of benzene rings is 1. The molecule has 0 aromatic heterocycles. The molecule has 15 heavy (non-hydrogen) atoms. The zero-order valence-electron chi connectivity index (χ0n) is 9.30. The smallest absolute Gasteiger partial charge is 0.308 e. The number of fused-ring (bicyclic) bond motifs is 1. The normalized spacial score (nSPS) is 14.5. The van der Waals surface area contributed by atoms with Crippen LogP contribution in [-0.4, -0.2) is 5.97 Å². The molecule has 2 heteroatoms. The van der Waals surface area contributed by atoms with Crippen molar-refractivity contribution in [1.82, 2.24) is 0 Å². The molecule has 2 rings (SSSR count). The monoisotopic (exact) mass is 204 g/mol. The van der Waals surface area contributed by atoms with Gasteiger partial charge in [0.25, 0.3) is 0 Å². The minimum absolute atomic E-state index is 0.242. The predicted octanol–water partition coefficient (Wildman–Crippen LogP) is 2.80.